The molecule has 0 radical (unpaired) electrons. The fourth-order valence-corrected chi connectivity index (χ4v) is 2.20. The summed E-state index contributed by atoms with van der Waals surface area (Å²) in [5, 5.41) is 0. The molecule has 0 spiro atoms. The number of esters is 1. The minimum Gasteiger partial charge on any atom is -0.463 e. The van der Waals surface area contributed by atoms with Gasteiger partial charge in [-0.2, -0.15) is 0 Å². The number of ether oxygens (including phenoxy) is 2. The van der Waals surface area contributed by atoms with E-state index in [1.54, 1.807) is 0 Å². The minimum atomic E-state index is -0.419. The Morgan fingerprint density at radius 1 is 0.684 bits per heavy atom. The van der Waals surface area contributed by atoms with E-state index < -0.39 is 5.97 Å². The van der Waals surface area contributed by atoms with Gasteiger partial charge in [-0.05, 0) is 12.8 Å². The Balaban J connectivity index is 2.23. The zero-order valence-corrected chi connectivity index (χ0v) is 11.8. The lowest BCUT2D eigenvalue weighted by molar-refractivity contribution is -0.147. The molecular weight excluding hydrogens is 244 g/mol. The second-order valence-corrected chi connectivity index (χ2v) is 5.13. The fraction of sp³-hybridized carbons (Fsp3) is 0.867. The maximum absolute atomic E-state index is 11.5. The molecule has 0 bridgehead atoms. The summed E-state index contributed by atoms with van der Waals surface area (Å²) in [6.07, 6.45) is 9.66. The van der Waals surface area contributed by atoms with E-state index in [1.807, 2.05) is 0 Å². The lowest BCUT2D eigenvalue weighted by Gasteiger charge is -2.05. The average Bonchev–Trinajstić information content (AvgIpc) is 2.38. The molecule has 0 aromatic heterocycles. The molecule has 0 aromatic carbocycles. The summed E-state index contributed by atoms with van der Waals surface area (Å²) >= 11 is 0. The maximum Gasteiger partial charge on any atom is 0.313 e. The first-order chi connectivity index (χ1) is 9.29. The lowest BCUT2D eigenvalue weighted by atomic mass is 10.1. The first kappa shape index (κ1) is 16.2. The van der Waals surface area contributed by atoms with Crippen LogP contribution in [0.2, 0.25) is 0 Å². The fourth-order valence-electron chi connectivity index (χ4n) is 2.20. The van der Waals surface area contributed by atoms with Crippen molar-refractivity contribution in [2.24, 2.45) is 0 Å². The number of carbonyl (C=O) groups excluding carboxylic acids is 2. The van der Waals surface area contributed by atoms with Crippen LogP contribution in [0.25, 0.3) is 0 Å². The van der Waals surface area contributed by atoms with Gasteiger partial charge in [-0.3, -0.25) is 9.59 Å². The van der Waals surface area contributed by atoms with Crippen molar-refractivity contribution in [2.75, 3.05) is 19.8 Å². The van der Waals surface area contributed by atoms with Gasteiger partial charge in [0, 0.05) is 13.0 Å². The molecule has 1 heterocycles. The number of cyclic esters (lactones) is 1. The van der Waals surface area contributed by atoms with Crippen molar-refractivity contribution >= 4 is 11.8 Å². The highest BCUT2D eigenvalue weighted by molar-refractivity contribution is 5.95. The van der Waals surface area contributed by atoms with Crippen molar-refractivity contribution in [1.82, 2.24) is 0 Å². The van der Waals surface area contributed by atoms with E-state index in [4.69, 9.17) is 9.47 Å². The molecule has 4 nitrogen and oxygen atoms in total. The average molecular weight is 270 g/mol. The third-order valence-electron chi connectivity index (χ3n) is 3.33. The number of ketones is 1. The largest absolute Gasteiger partial charge is 0.463 e. The van der Waals surface area contributed by atoms with Gasteiger partial charge in [0.05, 0.1) is 6.61 Å². The van der Waals surface area contributed by atoms with Crippen LogP contribution in [0.15, 0.2) is 0 Å². The first-order valence-corrected chi connectivity index (χ1v) is 7.54. The number of rotatable bonds is 0. The third kappa shape index (κ3) is 9.65. The molecule has 0 amide bonds. The molecule has 0 aromatic rings. The molecule has 0 atom stereocenters. The predicted octanol–water partition coefficient (Wildman–Crippen LogP) is 3.03. The highest BCUT2D eigenvalue weighted by Crippen LogP contribution is 2.10. The first-order valence-electron chi connectivity index (χ1n) is 7.54. The van der Waals surface area contributed by atoms with Gasteiger partial charge in [-0.25, -0.2) is 0 Å². The highest BCUT2D eigenvalue weighted by Gasteiger charge is 2.10. The quantitative estimate of drug-likeness (QED) is 0.501. The molecule has 1 aliphatic rings. The molecule has 1 rings (SSSR count). The molecule has 110 valence electrons. The van der Waals surface area contributed by atoms with Gasteiger partial charge in [-0.1, -0.05) is 38.5 Å². The zero-order valence-electron chi connectivity index (χ0n) is 11.8. The van der Waals surface area contributed by atoms with E-state index in [0.29, 0.717) is 13.0 Å². The molecule has 1 fully saturated rings. The number of hydrogen-bond donors (Lipinski definition) is 0. The molecule has 4 heteroatoms. The zero-order chi connectivity index (χ0) is 13.8. The van der Waals surface area contributed by atoms with Crippen LogP contribution in [0.3, 0.4) is 0 Å². The summed E-state index contributed by atoms with van der Waals surface area (Å²) in [7, 11) is 0. The van der Waals surface area contributed by atoms with E-state index in [0.717, 1.165) is 25.9 Å². The van der Waals surface area contributed by atoms with Crippen LogP contribution in [0.5, 0.6) is 0 Å². The van der Waals surface area contributed by atoms with E-state index in [-0.39, 0.29) is 18.8 Å². The molecule has 19 heavy (non-hydrogen) atoms. The van der Waals surface area contributed by atoms with Crippen LogP contribution < -0.4 is 0 Å². The topological polar surface area (TPSA) is 52.6 Å². The van der Waals surface area contributed by atoms with Gasteiger partial charge >= 0.3 is 5.97 Å². The van der Waals surface area contributed by atoms with Gasteiger partial charge in [0.15, 0.2) is 0 Å². The summed E-state index contributed by atoms with van der Waals surface area (Å²) in [4.78, 5) is 22.9. The minimum absolute atomic E-state index is 0.00441. The number of Topliss-reactive ketones (excluding diaryl/α,β-unsaturated/α-hetero) is 1. The van der Waals surface area contributed by atoms with Crippen LogP contribution in [0.1, 0.15) is 64.2 Å². The van der Waals surface area contributed by atoms with Crippen molar-refractivity contribution in [3.63, 3.8) is 0 Å². The van der Waals surface area contributed by atoms with Crippen molar-refractivity contribution in [1.29, 1.82) is 0 Å². The van der Waals surface area contributed by atoms with Gasteiger partial charge in [-0.15, -0.1) is 0 Å². The Bertz CT molecular complexity index is 237. The Morgan fingerprint density at radius 2 is 1.32 bits per heavy atom. The number of carbonyl (C=O) groups is 2. The van der Waals surface area contributed by atoms with E-state index >= 15 is 0 Å². The standard InChI is InChI=1S/C15H26O4/c16-14-9-7-5-3-1-2-4-6-8-10-18-11-12-19-15(17)13-14/h1-13H2. The summed E-state index contributed by atoms with van der Waals surface area (Å²) in [6.45, 7) is 1.42. The van der Waals surface area contributed by atoms with E-state index in [9.17, 15) is 9.59 Å². The van der Waals surface area contributed by atoms with Crippen LogP contribution in [0, 0.1) is 0 Å². The Morgan fingerprint density at radius 3 is 2.05 bits per heavy atom. The monoisotopic (exact) mass is 270 g/mol. The van der Waals surface area contributed by atoms with Crippen LogP contribution in [0.4, 0.5) is 0 Å². The van der Waals surface area contributed by atoms with E-state index in [2.05, 4.69) is 0 Å². The highest BCUT2D eigenvalue weighted by atomic mass is 16.6. The van der Waals surface area contributed by atoms with Crippen LogP contribution >= 0.6 is 0 Å². The second kappa shape index (κ2) is 11.0. The van der Waals surface area contributed by atoms with Crippen LogP contribution in [-0.4, -0.2) is 31.6 Å². The molecule has 0 aliphatic carbocycles. The molecule has 0 unspecified atom stereocenters. The second-order valence-electron chi connectivity index (χ2n) is 5.13. The third-order valence-corrected chi connectivity index (χ3v) is 3.33. The van der Waals surface area contributed by atoms with Gasteiger partial charge in [0.1, 0.15) is 18.8 Å². The summed E-state index contributed by atoms with van der Waals surface area (Å²) in [5.41, 5.74) is 0. The van der Waals surface area contributed by atoms with Crippen molar-refractivity contribution < 1.29 is 19.1 Å². The SMILES string of the molecule is O=C1CCCCCCCCCCOCCOC(=O)C1. The lowest BCUT2D eigenvalue weighted by Crippen LogP contribution is -2.14. The number of hydrogen-bond acceptors (Lipinski definition) is 4. The molecule has 1 aliphatic heterocycles. The van der Waals surface area contributed by atoms with Gasteiger partial charge < -0.3 is 9.47 Å². The van der Waals surface area contributed by atoms with Crippen molar-refractivity contribution in [3.05, 3.63) is 0 Å². The van der Waals surface area contributed by atoms with Gasteiger partial charge in [0.25, 0.3) is 0 Å². The Hall–Kier alpha value is -0.900. The van der Waals surface area contributed by atoms with Gasteiger partial charge in [0.2, 0.25) is 0 Å². The maximum atomic E-state index is 11.5. The van der Waals surface area contributed by atoms with Crippen molar-refractivity contribution in [3.8, 4) is 0 Å². The molecular formula is C15H26O4. The molecule has 0 saturated carbocycles. The molecule has 1 saturated heterocycles. The van der Waals surface area contributed by atoms with E-state index in [1.165, 1.54) is 32.1 Å². The Labute approximate surface area is 115 Å². The predicted molar refractivity (Wildman–Crippen MR) is 73.0 cm³/mol. The summed E-state index contributed by atoms with van der Waals surface area (Å²) < 4.78 is 10.3. The smallest absolute Gasteiger partial charge is 0.313 e. The molecule has 0 N–H and O–H groups in total. The Kier molecular flexibility index (Phi) is 9.33. The summed E-state index contributed by atoms with van der Waals surface area (Å²) in [6, 6.07) is 0. The van der Waals surface area contributed by atoms with Crippen molar-refractivity contribution in [2.45, 2.75) is 64.2 Å². The summed E-state index contributed by atoms with van der Waals surface area (Å²) in [5.74, 6) is -0.423. The normalized spacial score (nSPS) is 22.5. The van der Waals surface area contributed by atoms with Crippen LogP contribution in [-0.2, 0) is 19.1 Å².